The molecular formula is C18H19N3O3. The average Bonchev–Trinajstić information content (AvgIpc) is 3.32. The van der Waals surface area contributed by atoms with E-state index < -0.39 is 0 Å². The molecule has 0 aliphatic heterocycles. The van der Waals surface area contributed by atoms with E-state index in [0.717, 1.165) is 6.42 Å². The van der Waals surface area contributed by atoms with E-state index in [4.69, 9.17) is 4.42 Å². The highest BCUT2D eigenvalue weighted by Gasteiger charge is 2.35. The molecule has 1 N–H and O–H groups in total. The number of nitrogens with one attached hydrogen (secondary N) is 1. The largest absolute Gasteiger partial charge is 0.463 e. The van der Waals surface area contributed by atoms with Crippen LogP contribution in [0.15, 0.2) is 51.9 Å². The molecule has 4 rings (SSSR count). The highest BCUT2D eigenvalue weighted by atomic mass is 16.3. The van der Waals surface area contributed by atoms with Crippen molar-refractivity contribution in [3.8, 4) is 11.5 Å². The van der Waals surface area contributed by atoms with Crippen LogP contribution in [0.5, 0.6) is 0 Å². The monoisotopic (exact) mass is 325 g/mol. The highest BCUT2D eigenvalue weighted by molar-refractivity contribution is 5.75. The van der Waals surface area contributed by atoms with Crippen molar-refractivity contribution in [3.05, 3.63) is 53.0 Å². The Morgan fingerprint density at radius 1 is 1.29 bits per heavy atom. The Morgan fingerprint density at radius 2 is 2.21 bits per heavy atom. The number of hydrogen-bond acceptors (Lipinski definition) is 4. The van der Waals surface area contributed by atoms with Crippen LogP contribution in [0.2, 0.25) is 0 Å². The summed E-state index contributed by atoms with van der Waals surface area (Å²) in [6.07, 6.45) is 8.46. The molecule has 2 heterocycles. The van der Waals surface area contributed by atoms with Crippen LogP contribution in [0.1, 0.15) is 12.8 Å². The predicted molar refractivity (Wildman–Crippen MR) is 88.1 cm³/mol. The second-order valence-electron chi connectivity index (χ2n) is 6.54. The van der Waals surface area contributed by atoms with Crippen molar-refractivity contribution >= 4 is 5.91 Å². The highest BCUT2D eigenvalue weighted by Crippen LogP contribution is 2.42. The van der Waals surface area contributed by atoms with E-state index in [1.54, 1.807) is 24.5 Å². The second-order valence-corrected chi connectivity index (χ2v) is 6.54. The van der Waals surface area contributed by atoms with E-state index in [9.17, 15) is 9.59 Å². The third-order valence-electron chi connectivity index (χ3n) is 4.91. The minimum absolute atomic E-state index is 0.0793. The Balaban J connectivity index is 1.39. The van der Waals surface area contributed by atoms with E-state index in [1.807, 2.05) is 0 Å². The maximum absolute atomic E-state index is 12.2. The van der Waals surface area contributed by atoms with Gasteiger partial charge in [-0.3, -0.25) is 9.59 Å². The molecule has 6 heteroatoms. The van der Waals surface area contributed by atoms with Crippen LogP contribution in [-0.2, 0) is 11.3 Å². The molecule has 6 nitrogen and oxygen atoms in total. The van der Waals surface area contributed by atoms with Gasteiger partial charge in [-0.2, -0.15) is 5.10 Å². The minimum atomic E-state index is -0.302. The van der Waals surface area contributed by atoms with Crippen LogP contribution in [0.3, 0.4) is 0 Å². The van der Waals surface area contributed by atoms with Gasteiger partial charge >= 0.3 is 0 Å². The van der Waals surface area contributed by atoms with Crippen molar-refractivity contribution in [1.82, 2.24) is 15.1 Å². The number of allylic oxidation sites excluding steroid dienone is 2. The normalized spacial score (nSPS) is 24.4. The fourth-order valence-electron chi connectivity index (χ4n) is 3.68. The lowest BCUT2D eigenvalue weighted by molar-refractivity contribution is -0.122. The van der Waals surface area contributed by atoms with Crippen molar-refractivity contribution < 1.29 is 9.21 Å². The van der Waals surface area contributed by atoms with Gasteiger partial charge in [0, 0.05) is 12.6 Å². The first-order valence-corrected chi connectivity index (χ1v) is 8.26. The Morgan fingerprint density at radius 3 is 2.92 bits per heavy atom. The fourth-order valence-corrected chi connectivity index (χ4v) is 3.68. The SMILES string of the molecule is O=C(Cn1nc(-c2ccco2)ccc1=O)NC[C@H]1C[C@@H]2C=C[C@@H]1C2. The van der Waals surface area contributed by atoms with Crippen molar-refractivity contribution in [1.29, 1.82) is 0 Å². The Labute approximate surface area is 139 Å². The van der Waals surface area contributed by atoms with Crippen molar-refractivity contribution in [2.24, 2.45) is 17.8 Å². The summed E-state index contributed by atoms with van der Waals surface area (Å²) in [4.78, 5) is 24.1. The first-order valence-electron chi connectivity index (χ1n) is 8.26. The molecular weight excluding hydrogens is 306 g/mol. The lowest BCUT2D eigenvalue weighted by Gasteiger charge is -2.18. The van der Waals surface area contributed by atoms with Gasteiger partial charge in [-0.25, -0.2) is 4.68 Å². The summed E-state index contributed by atoms with van der Waals surface area (Å²) in [6, 6.07) is 6.51. The number of hydrogen-bond donors (Lipinski definition) is 1. The number of carbonyl (C=O) groups excluding carboxylic acids is 1. The summed E-state index contributed by atoms with van der Waals surface area (Å²) in [5, 5.41) is 7.15. The molecule has 3 atom stereocenters. The molecule has 1 saturated carbocycles. The number of nitrogens with zero attached hydrogens (tertiary/aromatic N) is 2. The topological polar surface area (TPSA) is 77.1 Å². The average molecular weight is 325 g/mol. The summed E-state index contributed by atoms with van der Waals surface area (Å²) >= 11 is 0. The Hall–Kier alpha value is -2.63. The van der Waals surface area contributed by atoms with E-state index in [0.29, 0.717) is 35.8 Å². The minimum Gasteiger partial charge on any atom is -0.463 e. The first kappa shape index (κ1) is 14.9. The summed E-state index contributed by atoms with van der Waals surface area (Å²) in [6.45, 7) is 0.584. The fraction of sp³-hybridized carbons (Fsp3) is 0.389. The van der Waals surface area contributed by atoms with Gasteiger partial charge in [0.25, 0.3) is 5.56 Å². The van der Waals surface area contributed by atoms with E-state index in [2.05, 4.69) is 22.6 Å². The van der Waals surface area contributed by atoms with Gasteiger partial charge in [-0.15, -0.1) is 0 Å². The lowest BCUT2D eigenvalue weighted by atomic mass is 9.94. The number of furan rings is 1. The molecule has 2 aromatic rings. The van der Waals surface area contributed by atoms with Gasteiger partial charge in [0.05, 0.1) is 6.26 Å². The van der Waals surface area contributed by atoms with Gasteiger partial charge in [-0.1, -0.05) is 12.2 Å². The molecule has 1 amide bonds. The number of fused-ring (bicyclic) bond motifs is 2. The Bertz CT molecular complexity index is 822. The van der Waals surface area contributed by atoms with Crippen LogP contribution in [0.25, 0.3) is 11.5 Å². The second kappa shape index (κ2) is 6.11. The van der Waals surface area contributed by atoms with Crippen molar-refractivity contribution in [2.75, 3.05) is 6.54 Å². The maximum atomic E-state index is 12.2. The molecule has 2 aliphatic carbocycles. The maximum Gasteiger partial charge on any atom is 0.267 e. The van der Waals surface area contributed by atoms with Crippen LogP contribution in [0.4, 0.5) is 0 Å². The molecule has 2 aliphatic rings. The first-order chi connectivity index (χ1) is 11.7. The van der Waals surface area contributed by atoms with Gasteiger partial charge in [0.1, 0.15) is 12.2 Å². The third-order valence-corrected chi connectivity index (χ3v) is 4.91. The predicted octanol–water partition coefficient (Wildman–Crippen LogP) is 1.83. The molecule has 0 radical (unpaired) electrons. The molecule has 0 unspecified atom stereocenters. The molecule has 1 fully saturated rings. The van der Waals surface area contributed by atoms with E-state index in [1.165, 1.54) is 17.2 Å². The number of aromatic nitrogens is 2. The third kappa shape index (κ3) is 2.91. The summed E-state index contributed by atoms with van der Waals surface area (Å²) < 4.78 is 6.45. The van der Waals surface area contributed by atoms with Gasteiger partial charge in [0.15, 0.2) is 5.76 Å². The molecule has 0 aromatic carbocycles. The Kier molecular flexibility index (Phi) is 3.80. The zero-order chi connectivity index (χ0) is 16.5. The lowest BCUT2D eigenvalue weighted by Crippen LogP contribution is -2.36. The van der Waals surface area contributed by atoms with Crippen molar-refractivity contribution in [2.45, 2.75) is 19.4 Å². The standard InChI is InChI=1S/C18H19N3O3/c22-17(19-10-14-9-12-3-4-13(14)8-12)11-21-18(23)6-5-15(20-21)16-2-1-7-24-16/h1-7,12-14H,8-11H2,(H,19,22)/t12-,13-,14-/m1/s1. The summed E-state index contributed by atoms with van der Waals surface area (Å²) in [5.74, 6) is 2.18. The van der Waals surface area contributed by atoms with E-state index in [-0.39, 0.29) is 18.0 Å². The smallest absolute Gasteiger partial charge is 0.267 e. The van der Waals surface area contributed by atoms with Crippen LogP contribution in [-0.4, -0.2) is 22.2 Å². The number of carbonyl (C=O) groups is 1. The van der Waals surface area contributed by atoms with Crippen LogP contribution >= 0.6 is 0 Å². The van der Waals surface area contributed by atoms with Crippen molar-refractivity contribution in [3.63, 3.8) is 0 Å². The van der Waals surface area contributed by atoms with Crippen LogP contribution in [0, 0.1) is 17.8 Å². The van der Waals surface area contributed by atoms with E-state index >= 15 is 0 Å². The quantitative estimate of drug-likeness (QED) is 0.851. The van der Waals surface area contributed by atoms with Gasteiger partial charge in [0.2, 0.25) is 5.91 Å². The van der Waals surface area contributed by atoms with Crippen LogP contribution < -0.4 is 10.9 Å². The summed E-state index contributed by atoms with van der Waals surface area (Å²) in [5.41, 5.74) is 0.231. The zero-order valence-corrected chi connectivity index (χ0v) is 13.2. The zero-order valence-electron chi connectivity index (χ0n) is 13.2. The van der Waals surface area contributed by atoms with Gasteiger partial charge < -0.3 is 9.73 Å². The molecule has 2 aromatic heterocycles. The molecule has 2 bridgehead atoms. The molecule has 24 heavy (non-hydrogen) atoms. The summed E-state index contributed by atoms with van der Waals surface area (Å²) in [7, 11) is 0. The number of rotatable bonds is 5. The molecule has 0 spiro atoms. The molecule has 0 saturated heterocycles. The molecule has 124 valence electrons. The van der Waals surface area contributed by atoms with Gasteiger partial charge in [-0.05, 0) is 48.8 Å². The number of amides is 1.